The molecule has 0 radical (unpaired) electrons. The number of carbonyl (C=O) groups excluding carboxylic acids is 1. The van der Waals surface area contributed by atoms with Crippen molar-refractivity contribution in [2.45, 2.75) is 53.1 Å². The summed E-state index contributed by atoms with van der Waals surface area (Å²) in [6.45, 7) is 12.8. The zero-order valence-corrected chi connectivity index (χ0v) is 17.1. The minimum Gasteiger partial charge on any atom is -0.490 e. The standard InChI is InChI=1S/C21H31N3O3/c1-6-26-18-10-16-8-9-24(12-17(16)11-19(18)27-7-2)13-20(25)23-21(5,14-22)15(3)4/h10-11,15H,6-9,12-13H2,1-5H3,(H,23,25)/p+1/t21-/m0/s1. The van der Waals surface area contributed by atoms with Gasteiger partial charge in [0, 0.05) is 12.0 Å². The van der Waals surface area contributed by atoms with Gasteiger partial charge in [0.2, 0.25) is 0 Å². The summed E-state index contributed by atoms with van der Waals surface area (Å²) in [5.41, 5.74) is 1.62. The van der Waals surface area contributed by atoms with Crippen LogP contribution in [-0.2, 0) is 17.8 Å². The van der Waals surface area contributed by atoms with Crippen LogP contribution in [0.5, 0.6) is 11.5 Å². The number of hydrogen-bond acceptors (Lipinski definition) is 4. The fraction of sp³-hybridized carbons (Fsp3) is 0.619. The monoisotopic (exact) mass is 374 g/mol. The van der Waals surface area contributed by atoms with Crippen LogP contribution in [-0.4, -0.2) is 37.7 Å². The maximum Gasteiger partial charge on any atom is 0.276 e. The first-order chi connectivity index (χ1) is 12.8. The molecule has 1 heterocycles. The molecule has 6 heteroatoms. The highest BCUT2D eigenvalue weighted by Crippen LogP contribution is 2.32. The van der Waals surface area contributed by atoms with Crippen molar-refractivity contribution in [3.63, 3.8) is 0 Å². The van der Waals surface area contributed by atoms with Crippen LogP contribution in [0.15, 0.2) is 12.1 Å². The lowest BCUT2D eigenvalue weighted by molar-refractivity contribution is -0.908. The number of amides is 1. The molecule has 148 valence electrons. The zero-order chi connectivity index (χ0) is 20.0. The number of benzene rings is 1. The Morgan fingerprint density at radius 3 is 2.37 bits per heavy atom. The quantitative estimate of drug-likeness (QED) is 0.723. The third kappa shape index (κ3) is 5.14. The molecule has 1 aliphatic heterocycles. The van der Waals surface area contributed by atoms with Gasteiger partial charge in [-0.25, -0.2) is 0 Å². The Bertz CT molecular complexity index is 711. The number of nitriles is 1. The molecule has 0 aromatic heterocycles. The number of carbonyl (C=O) groups is 1. The van der Waals surface area contributed by atoms with Crippen LogP contribution >= 0.6 is 0 Å². The smallest absolute Gasteiger partial charge is 0.276 e. The first-order valence-corrected chi connectivity index (χ1v) is 9.80. The number of fused-ring (bicyclic) bond motifs is 1. The third-order valence-electron chi connectivity index (χ3n) is 5.25. The average Bonchev–Trinajstić information content (AvgIpc) is 2.62. The molecule has 0 saturated carbocycles. The van der Waals surface area contributed by atoms with E-state index in [1.54, 1.807) is 6.92 Å². The van der Waals surface area contributed by atoms with Crippen molar-refractivity contribution >= 4 is 5.91 Å². The highest BCUT2D eigenvalue weighted by molar-refractivity contribution is 5.78. The molecule has 2 rings (SSSR count). The largest absolute Gasteiger partial charge is 0.490 e. The fourth-order valence-electron chi connectivity index (χ4n) is 3.26. The van der Waals surface area contributed by atoms with E-state index < -0.39 is 5.54 Å². The van der Waals surface area contributed by atoms with E-state index in [0.717, 1.165) is 31.0 Å². The van der Waals surface area contributed by atoms with Crippen molar-refractivity contribution in [3.05, 3.63) is 23.3 Å². The highest BCUT2D eigenvalue weighted by Gasteiger charge is 2.32. The van der Waals surface area contributed by atoms with E-state index in [1.165, 1.54) is 16.0 Å². The maximum atomic E-state index is 12.5. The minimum atomic E-state index is -0.835. The summed E-state index contributed by atoms with van der Waals surface area (Å²) in [7, 11) is 0. The van der Waals surface area contributed by atoms with E-state index in [1.807, 2.05) is 27.7 Å². The van der Waals surface area contributed by atoms with Crippen molar-refractivity contribution in [2.24, 2.45) is 5.92 Å². The van der Waals surface area contributed by atoms with Crippen LogP contribution in [0.4, 0.5) is 0 Å². The van der Waals surface area contributed by atoms with Gasteiger partial charge in [-0.15, -0.1) is 0 Å². The van der Waals surface area contributed by atoms with Crippen LogP contribution in [0.1, 0.15) is 45.7 Å². The molecule has 2 atom stereocenters. The molecule has 0 aliphatic carbocycles. The molecule has 1 amide bonds. The average molecular weight is 375 g/mol. The molecular weight excluding hydrogens is 342 g/mol. The van der Waals surface area contributed by atoms with Crippen molar-refractivity contribution in [1.82, 2.24) is 5.32 Å². The van der Waals surface area contributed by atoms with Gasteiger partial charge in [0.1, 0.15) is 12.1 Å². The van der Waals surface area contributed by atoms with Crippen LogP contribution in [0.25, 0.3) is 0 Å². The molecule has 0 spiro atoms. The highest BCUT2D eigenvalue weighted by atomic mass is 16.5. The predicted molar refractivity (Wildman–Crippen MR) is 104 cm³/mol. The normalized spacial score (nSPS) is 18.2. The van der Waals surface area contributed by atoms with Crippen molar-refractivity contribution in [1.29, 1.82) is 5.26 Å². The van der Waals surface area contributed by atoms with Gasteiger partial charge in [-0.1, -0.05) is 13.8 Å². The Balaban J connectivity index is 2.08. The molecule has 1 unspecified atom stereocenters. The van der Waals surface area contributed by atoms with Gasteiger partial charge < -0.3 is 19.7 Å². The Morgan fingerprint density at radius 2 is 1.85 bits per heavy atom. The van der Waals surface area contributed by atoms with E-state index in [0.29, 0.717) is 19.8 Å². The molecule has 0 fully saturated rings. The fourth-order valence-corrected chi connectivity index (χ4v) is 3.26. The van der Waals surface area contributed by atoms with E-state index in [2.05, 4.69) is 23.5 Å². The number of quaternary nitrogens is 1. The summed E-state index contributed by atoms with van der Waals surface area (Å²) in [4.78, 5) is 13.7. The van der Waals surface area contributed by atoms with Gasteiger partial charge in [-0.3, -0.25) is 4.79 Å². The van der Waals surface area contributed by atoms with E-state index in [-0.39, 0.29) is 11.8 Å². The Hall–Kier alpha value is -2.26. The minimum absolute atomic E-state index is 0.0502. The van der Waals surface area contributed by atoms with Gasteiger partial charge in [-0.2, -0.15) is 5.26 Å². The third-order valence-corrected chi connectivity index (χ3v) is 5.25. The Kier molecular flexibility index (Phi) is 7.09. The molecule has 1 aromatic rings. The van der Waals surface area contributed by atoms with Gasteiger partial charge in [-0.05, 0) is 44.4 Å². The lowest BCUT2D eigenvalue weighted by Crippen LogP contribution is -3.13. The van der Waals surface area contributed by atoms with Gasteiger partial charge in [0.25, 0.3) is 5.91 Å². The number of nitrogens with zero attached hydrogens (tertiary/aromatic N) is 1. The lowest BCUT2D eigenvalue weighted by atomic mass is 9.90. The second-order valence-corrected chi connectivity index (χ2v) is 7.55. The first-order valence-electron chi connectivity index (χ1n) is 9.80. The molecule has 2 N–H and O–H groups in total. The van der Waals surface area contributed by atoms with E-state index in [9.17, 15) is 10.1 Å². The van der Waals surface area contributed by atoms with Crippen LogP contribution < -0.4 is 19.7 Å². The second-order valence-electron chi connectivity index (χ2n) is 7.55. The van der Waals surface area contributed by atoms with Crippen LogP contribution in [0.3, 0.4) is 0 Å². The number of hydrogen-bond donors (Lipinski definition) is 2. The number of nitrogens with one attached hydrogen (secondary N) is 2. The van der Waals surface area contributed by atoms with Gasteiger partial charge in [0.15, 0.2) is 18.0 Å². The lowest BCUT2D eigenvalue weighted by Gasteiger charge is -2.30. The predicted octanol–water partition coefficient (Wildman–Crippen LogP) is 1.48. The first kappa shape index (κ1) is 21.0. The Morgan fingerprint density at radius 1 is 1.26 bits per heavy atom. The number of rotatable bonds is 8. The summed E-state index contributed by atoms with van der Waals surface area (Å²) in [5.74, 6) is 1.53. The van der Waals surface area contributed by atoms with Crippen molar-refractivity contribution in [3.8, 4) is 17.6 Å². The topological polar surface area (TPSA) is 75.8 Å². The molecule has 0 bridgehead atoms. The molecule has 6 nitrogen and oxygen atoms in total. The summed E-state index contributed by atoms with van der Waals surface area (Å²) in [6.07, 6.45) is 0.893. The van der Waals surface area contributed by atoms with Crippen molar-refractivity contribution in [2.75, 3.05) is 26.3 Å². The van der Waals surface area contributed by atoms with Crippen molar-refractivity contribution < 1.29 is 19.2 Å². The SMILES string of the molecule is CCOc1cc2c(cc1OCC)C[NH+](CC(=O)N[C@@](C)(C#N)C(C)C)CC2. The van der Waals surface area contributed by atoms with Crippen LogP contribution in [0.2, 0.25) is 0 Å². The molecule has 1 aliphatic rings. The second kappa shape index (κ2) is 9.09. The Labute approximate surface area is 162 Å². The summed E-state index contributed by atoms with van der Waals surface area (Å²) in [6, 6.07) is 6.36. The summed E-state index contributed by atoms with van der Waals surface area (Å²) in [5, 5.41) is 12.3. The summed E-state index contributed by atoms with van der Waals surface area (Å²) >= 11 is 0. The number of ether oxygens (including phenoxy) is 2. The van der Waals surface area contributed by atoms with E-state index >= 15 is 0 Å². The zero-order valence-electron chi connectivity index (χ0n) is 17.1. The molecule has 1 aromatic carbocycles. The summed E-state index contributed by atoms with van der Waals surface area (Å²) < 4.78 is 11.4. The maximum absolute atomic E-state index is 12.5. The molecular formula is C21H32N3O3+. The molecule has 0 saturated heterocycles. The van der Waals surface area contributed by atoms with E-state index in [4.69, 9.17) is 9.47 Å². The molecule has 27 heavy (non-hydrogen) atoms. The van der Waals surface area contributed by atoms with Gasteiger partial charge in [0.05, 0.1) is 25.8 Å². The van der Waals surface area contributed by atoms with Gasteiger partial charge >= 0.3 is 0 Å². The van der Waals surface area contributed by atoms with Crippen LogP contribution in [0, 0.1) is 17.2 Å².